The van der Waals surface area contributed by atoms with Crippen LogP contribution in [0.1, 0.15) is 24.9 Å². The third-order valence-corrected chi connectivity index (χ3v) is 4.04. The maximum absolute atomic E-state index is 13.3. The minimum atomic E-state index is -0.254. The molecule has 0 bridgehead atoms. The molecule has 20 heavy (non-hydrogen) atoms. The van der Waals surface area contributed by atoms with Gasteiger partial charge in [0, 0.05) is 4.47 Å². The van der Waals surface area contributed by atoms with Crippen LogP contribution in [0.2, 0.25) is 10.0 Å². The van der Waals surface area contributed by atoms with Crippen molar-refractivity contribution in [2.24, 2.45) is 0 Å². The Bertz CT molecular complexity index is 596. The number of anilines is 1. The van der Waals surface area contributed by atoms with E-state index < -0.39 is 0 Å². The summed E-state index contributed by atoms with van der Waals surface area (Å²) >= 11 is 15.7. The maximum Gasteiger partial charge on any atom is 0.123 e. The van der Waals surface area contributed by atoms with Crippen molar-refractivity contribution in [3.63, 3.8) is 0 Å². The van der Waals surface area contributed by atoms with Crippen LogP contribution >= 0.6 is 39.1 Å². The summed E-state index contributed by atoms with van der Waals surface area (Å²) in [5.41, 5.74) is 1.52. The van der Waals surface area contributed by atoms with Crippen LogP contribution in [0.3, 0.4) is 0 Å². The second-order valence-corrected chi connectivity index (χ2v) is 6.13. The van der Waals surface area contributed by atoms with Gasteiger partial charge in [0.2, 0.25) is 0 Å². The Morgan fingerprint density at radius 3 is 2.40 bits per heavy atom. The molecule has 0 aromatic heterocycles. The van der Waals surface area contributed by atoms with Crippen molar-refractivity contribution in [3.8, 4) is 0 Å². The van der Waals surface area contributed by atoms with E-state index >= 15 is 0 Å². The van der Waals surface area contributed by atoms with Crippen LogP contribution in [-0.4, -0.2) is 0 Å². The summed E-state index contributed by atoms with van der Waals surface area (Å²) in [6, 6.07) is 10.0. The van der Waals surface area contributed by atoms with Gasteiger partial charge in [-0.05, 0) is 36.2 Å². The monoisotopic (exact) mass is 375 g/mol. The summed E-state index contributed by atoms with van der Waals surface area (Å²) < 4.78 is 14.1. The number of hydrogen-bond donors (Lipinski definition) is 1. The molecule has 0 saturated carbocycles. The van der Waals surface area contributed by atoms with Gasteiger partial charge in [-0.25, -0.2) is 4.39 Å². The zero-order chi connectivity index (χ0) is 14.7. The molecular formula is C15H13BrCl2FN. The summed E-state index contributed by atoms with van der Waals surface area (Å²) in [6.45, 7) is 2.02. The normalized spacial score (nSPS) is 12.2. The fourth-order valence-electron chi connectivity index (χ4n) is 2.00. The van der Waals surface area contributed by atoms with Crippen LogP contribution in [0.15, 0.2) is 40.9 Å². The minimum absolute atomic E-state index is 0.0538. The van der Waals surface area contributed by atoms with Gasteiger partial charge in [0.1, 0.15) is 5.82 Å². The molecule has 2 aromatic rings. The number of benzene rings is 2. The smallest absolute Gasteiger partial charge is 0.123 e. The molecule has 0 spiro atoms. The number of nitrogens with one attached hydrogen (secondary N) is 1. The van der Waals surface area contributed by atoms with Gasteiger partial charge in [0.15, 0.2) is 0 Å². The lowest BCUT2D eigenvalue weighted by atomic mass is 10.0. The molecule has 2 rings (SSSR count). The van der Waals surface area contributed by atoms with Crippen LogP contribution in [0, 0.1) is 5.82 Å². The molecule has 5 heteroatoms. The molecule has 0 fully saturated rings. The molecule has 0 radical (unpaired) electrons. The summed E-state index contributed by atoms with van der Waals surface area (Å²) in [5, 5.41) is 4.34. The van der Waals surface area contributed by atoms with Gasteiger partial charge in [-0.3, -0.25) is 0 Å². The van der Waals surface area contributed by atoms with Crippen molar-refractivity contribution in [1.29, 1.82) is 0 Å². The standard InChI is InChI=1S/C15H13BrCl2FN/c1-2-14(9-4-3-5-11(19)6-9)20-15-12(17)7-10(16)8-13(15)18/h3-8,14,20H,2H2,1H3. The predicted molar refractivity (Wildman–Crippen MR) is 87.2 cm³/mol. The molecule has 106 valence electrons. The highest BCUT2D eigenvalue weighted by Gasteiger charge is 2.14. The van der Waals surface area contributed by atoms with Crippen molar-refractivity contribution in [2.75, 3.05) is 5.32 Å². The van der Waals surface area contributed by atoms with E-state index in [9.17, 15) is 4.39 Å². The average molecular weight is 377 g/mol. The van der Waals surface area contributed by atoms with E-state index in [0.717, 1.165) is 16.5 Å². The van der Waals surface area contributed by atoms with Crippen molar-refractivity contribution in [2.45, 2.75) is 19.4 Å². The van der Waals surface area contributed by atoms with Crippen LogP contribution in [0.4, 0.5) is 10.1 Å². The van der Waals surface area contributed by atoms with E-state index in [1.807, 2.05) is 13.0 Å². The molecule has 0 heterocycles. The van der Waals surface area contributed by atoms with E-state index in [-0.39, 0.29) is 11.9 Å². The fraction of sp³-hybridized carbons (Fsp3) is 0.200. The van der Waals surface area contributed by atoms with Gasteiger partial charge in [0.05, 0.1) is 21.8 Å². The first-order valence-corrected chi connectivity index (χ1v) is 7.72. The predicted octanol–water partition coefficient (Wildman–Crippen LogP) is 6.46. The van der Waals surface area contributed by atoms with Crippen LogP contribution in [0.5, 0.6) is 0 Å². The van der Waals surface area contributed by atoms with Gasteiger partial charge in [-0.15, -0.1) is 0 Å². The third-order valence-electron chi connectivity index (χ3n) is 2.98. The molecule has 1 N–H and O–H groups in total. The van der Waals surface area contributed by atoms with Crippen LogP contribution in [-0.2, 0) is 0 Å². The maximum atomic E-state index is 13.3. The number of rotatable bonds is 4. The first kappa shape index (κ1) is 15.6. The van der Waals surface area contributed by atoms with Crippen molar-refractivity contribution in [1.82, 2.24) is 0 Å². The molecular weight excluding hydrogens is 364 g/mol. The second-order valence-electron chi connectivity index (χ2n) is 4.40. The molecule has 0 aliphatic rings. The SMILES string of the molecule is CCC(Nc1c(Cl)cc(Br)cc1Cl)c1cccc(F)c1. The molecule has 0 saturated heterocycles. The highest BCUT2D eigenvalue weighted by Crippen LogP contribution is 2.36. The summed E-state index contributed by atoms with van der Waals surface area (Å²) in [7, 11) is 0. The number of hydrogen-bond acceptors (Lipinski definition) is 1. The van der Waals surface area contributed by atoms with Crippen molar-refractivity contribution < 1.29 is 4.39 Å². The lowest BCUT2D eigenvalue weighted by Crippen LogP contribution is -2.10. The van der Waals surface area contributed by atoms with Gasteiger partial charge in [0.25, 0.3) is 0 Å². The highest BCUT2D eigenvalue weighted by atomic mass is 79.9. The topological polar surface area (TPSA) is 12.0 Å². The first-order chi connectivity index (χ1) is 9.51. The Labute approximate surface area is 136 Å². The molecule has 1 atom stereocenters. The summed E-state index contributed by atoms with van der Waals surface area (Å²) in [5.74, 6) is -0.254. The molecule has 2 aromatic carbocycles. The van der Waals surface area contributed by atoms with Crippen LogP contribution in [0.25, 0.3) is 0 Å². The third kappa shape index (κ3) is 3.66. The average Bonchev–Trinajstić information content (AvgIpc) is 2.38. The Hall–Kier alpha value is -0.770. The Kier molecular flexibility index (Phi) is 5.30. The van der Waals surface area contributed by atoms with E-state index in [0.29, 0.717) is 15.7 Å². The highest BCUT2D eigenvalue weighted by molar-refractivity contribution is 9.10. The largest absolute Gasteiger partial charge is 0.376 e. The fourth-order valence-corrected chi connectivity index (χ4v) is 3.32. The van der Waals surface area contributed by atoms with Crippen molar-refractivity contribution >= 4 is 44.8 Å². The van der Waals surface area contributed by atoms with Gasteiger partial charge < -0.3 is 5.32 Å². The van der Waals surface area contributed by atoms with E-state index in [1.54, 1.807) is 18.2 Å². The van der Waals surface area contributed by atoms with Gasteiger partial charge in [-0.1, -0.05) is 58.2 Å². The lowest BCUT2D eigenvalue weighted by Gasteiger charge is -2.21. The van der Waals surface area contributed by atoms with Gasteiger partial charge in [-0.2, -0.15) is 0 Å². The first-order valence-electron chi connectivity index (χ1n) is 6.17. The van der Waals surface area contributed by atoms with E-state index in [1.165, 1.54) is 12.1 Å². The van der Waals surface area contributed by atoms with E-state index in [2.05, 4.69) is 21.2 Å². The van der Waals surface area contributed by atoms with Crippen molar-refractivity contribution in [3.05, 3.63) is 62.3 Å². The zero-order valence-corrected chi connectivity index (χ0v) is 13.9. The zero-order valence-electron chi connectivity index (χ0n) is 10.8. The Morgan fingerprint density at radius 2 is 1.85 bits per heavy atom. The van der Waals surface area contributed by atoms with Gasteiger partial charge >= 0.3 is 0 Å². The Balaban J connectivity index is 2.32. The molecule has 0 aliphatic heterocycles. The lowest BCUT2D eigenvalue weighted by molar-refractivity contribution is 0.621. The van der Waals surface area contributed by atoms with E-state index in [4.69, 9.17) is 23.2 Å². The molecule has 0 aliphatic carbocycles. The molecule has 0 amide bonds. The Morgan fingerprint density at radius 1 is 1.20 bits per heavy atom. The minimum Gasteiger partial charge on any atom is -0.376 e. The number of halogens is 4. The quantitative estimate of drug-likeness (QED) is 0.645. The molecule has 1 nitrogen and oxygen atoms in total. The van der Waals surface area contributed by atoms with Crippen LogP contribution < -0.4 is 5.32 Å². The molecule has 1 unspecified atom stereocenters. The summed E-state index contributed by atoms with van der Waals surface area (Å²) in [4.78, 5) is 0. The summed E-state index contributed by atoms with van der Waals surface area (Å²) in [6.07, 6.45) is 0.784. The second kappa shape index (κ2) is 6.79.